The predicted molar refractivity (Wildman–Crippen MR) is 57.5 cm³/mol. The largest absolute Gasteiger partial charge is 0.480 e. The molecular formula is C10H15N3O2. The summed E-state index contributed by atoms with van der Waals surface area (Å²) in [6.45, 7) is 2.54. The summed E-state index contributed by atoms with van der Waals surface area (Å²) >= 11 is 0. The lowest BCUT2D eigenvalue weighted by Gasteiger charge is -2.15. The van der Waals surface area contributed by atoms with Gasteiger partial charge >= 0.3 is 0 Å². The summed E-state index contributed by atoms with van der Waals surface area (Å²) in [7, 11) is 1.72. The zero-order valence-electron chi connectivity index (χ0n) is 8.93. The van der Waals surface area contributed by atoms with E-state index >= 15 is 0 Å². The maximum atomic E-state index is 11.4. The van der Waals surface area contributed by atoms with Gasteiger partial charge in [-0.2, -0.15) is 0 Å². The molecule has 0 spiro atoms. The summed E-state index contributed by atoms with van der Waals surface area (Å²) in [6, 6.07) is 3.39. The molecule has 0 atom stereocenters. The molecule has 0 saturated heterocycles. The van der Waals surface area contributed by atoms with Gasteiger partial charge in [0.2, 0.25) is 0 Å². The Kier molecular flexibility index (Phi) is 3.91. The molecule has 1 amide bonds. The van der Waals surface area contributed by atoms with E-state index in [0.29, 0.717) is 18.1 Å². The van der Waals surface area contributed by atoms with Gasteiger partial charge in [0.25, 0.3) is 5.91 Å². The first kappa shape index (κ1) is 11.3. The first-order chi connectivity index (χ1) is 7.15. The normalized spacial score (nSPS) is 9.73. The van der Waals surface area contributed by atoms with E-state index in [2.05, 4.69) is 4.98 Å². The zero-order chi connectivity index (χ0) is 11.3. The van der Waals surface area contributed by atoms with Crippen molar-refractivity contribution in [1.29, 1.82) is 0 Å². The Balaban J connectivity index is 2.51. The fourth-order valence-corrected chi connectivity index (χ4v) is 0.951. The minimum Gasteiger partial charge on any atom is -0.480 e. The highest BCUT2D eigenvalue weighted by atomic mass is 16.5. The number of nitrogen functional groups attached to an aromatic ring is 1. The van der Waals surface area contributed by atoms with Crippen LogP contribution in [0.5, 0.6) is 5.75 Å². The zero-order valence-corrected chi connectivity index (χ0v) is 8.93. The topological polar surface area (TPSA) is 68.5 Å². The fraction of sp³-hybridized carbons (Fsp3) is 0.400. The van der Waals surface area contributed by atoms with Gasteiger partial charge < -0.3 is 15.4 Å². The molecule has 1 rings (SSSR count). The van der Waals surface area contributed by atoms with Crippen molar-refractivity contribution in [3.63, 3.8) is 0 Å². The van der Waals surface area contributed by atoms with E-state index in [1.165, 1.54) is 0 Å². The smallest absolute Gasteiger partial charge is 0.260 e. The Bertz CT molecular complexity index is 341. The number of nitrogens with two attached hydrogens (primary N) is 1. The number of likely N-dealkylation sites (N-methyl/N-ethyl adjacent to an activating group) is 1. The van der Waals surface area contributed by atoms with E-state index < -0.39 is 0 Å². The van der Waals surface area contributed by atoms with Crippen LogP contribution in [0.25, 0.3) is 0 Å². The average Bonchev–Trinajstić information content (AvgIpc) is 2.26. The standard InChI is InChI=1S/C10H15N3O2/c1-3-13(2)9(14)7-15-8-5-4-6-12-10(8)11/h4-6H,3,7H2,1-2H3,(H2,11,12). The molecular weight excluding hydrogens is 194 g/mol. The molecule has 2 N–H and O–H groups in total. The van der Waals surface area contributed by atoms with Crippen LogP contribution in [0.15, 0.2) is 18.3 Å². The van der Waals surface area contributed by atoms with Gasteiger partial charge in [-0.15, -0.1) is 0 Å². The molecule has 0 aliphatic rings. The van der Waals surface area contributed by atoms with Crippen LogP contribution in [-0.2, 0) is 4.79 Å². The van der Waals surface area contributed by atoms with E-state index in [1.807, 2.05) is 6.92 Å². The van der Waals surface area contributed by atoms with Crippen LogP contribution in [0.2, 0.25) is 0 Å². The summed E-state index contributed by atoms with van der Waals surface area (Å²) in [6.07, 6.45) is 1.57. The molecule has 0 fully saturated rings. The fourth-order valence-electron chi connectivity index (χ4n) is 0.951. The van der Waals surface area contributed by atoms with Gasteiger partial charge in [0.05, 0.1) is 0 Å². The van der Waals surface area contributed by atoms with Gasteiger partial charge in [-0.1, -0.05) is 0 Å². The summed E-state index contributed by atoms with van der Waals surface area (Å²) in [5.41, 5.74) is 5.55. The van der Waals surface area contributed by atoms with E-state index in [-0.39, 0.29) is 12.5 Å². The molecule has 0 radical (unpaired) electrons. The molecule has 0 aliphatic heterocycles. The van der Waals surface area contributed by atoms with Crippen molar-refractivity contribution in [3.05, 3.63) is 18.3 Å². The molecule has 0 aromatic carbocycles. The number of rotatable bonds is 4. The van der Waals surface area contributed by atoms with E-state index in [0.717, 1.165) is 0 Å². The number of hydrogen-bond acceptors (Lipinski definition) is 4. The van der Waals surface area contributed by atoms with Gasteiger partial charge in [-0.3, -0.25) is 4.79 Å². The molecule has 1 aromatic heterocycles. The van der Waals surface area contributed by atoms with Crippen molar-refractivity contribution in [1.82, 2.24) is 9.88 Å². The van der Waals surface area contributed by atoms with E-state index in [9.17, 15) is 4.79 Å². The Morgan fingerprint density at radius 2 is 2.40 bits per heavy atom. The predicted octanol–water partition coefficient (Wildman–Crippen LogP) is 0.521. The molecule has 0 saturated carbocycles. The maximum Gasteiger partial charge on any atom is 0.260 e. The molecule has 82 valence electrons. The number of carbonyl (C=O) groups is 1. The summed E-state index contributed by atoms with van der Waals surface area (Å²) in [5, 5.41) is 0. The lowest BCUT2D eigenvalue weighted by atomic mass is 10.4. The lowest BCUT2D eigenvalue weighted by Crippen LogP contribution is -2.31. The SMILES string of the molecule is CCN(C)C(=O)COc1cccnc1N. The first-order valence-electron chi connectivity index (χ1n) is 4.72. The monoisotopic (exact) mass is 209 g/mol. The number of ether oxygens (including phenoxy) is 1. The first-order valence-corrected chi connectivity index (χ1v) is 4.72. The number of aromatic nitrogens is 1. The third-order valence-electron chi connectivity index (χ3n) is 2.05. The van der Waals surface area contributed by atoms with Gasteiger partial charge in [0, 0.05) is 19.8 Å². The second kappa shape index (κ2) is 5.19. The van der Waals surface area contributed by atoms with Crippen molar-refractivity contribution in [2.75, 3.05) is 25.9 Å². The second-order valence-electron chi connectivity index (χ2n) is 3.08. The van der Waals surface area contributed by atoms with E-state index in [1.54, 1.807) is 30.3 Å². The molecule has 0 bridgehead atoms. The van der Waals surface area contributed by atoms with Crippen molar-refractivity contribution in [2.45, 2.75) is 6.92 Å². The molecule has 0 unspecified atom stereocenters. The molecule has 15 heavy (non-hydrogen) atoms. The quantitative estimate of drug-likeness (QED) is 0.785. The van der Waals surface area contributed by atoms with Crippen molar-refractivity contribution in [2.24, 2.45) is 0 Å². The summed E-state index contributed by atoms with van der Waals surface area (Å²) < 4.78 is 5.24. The summed E-state index contributed by atoms with van der Waals surface area (Å²) in [5.74, 6) is 0.653. The molecule has 5 nitrogen and oxygen atoms in total. The van der Waals surface area contributed by atoms with Crippen molar-refractivity contribution >= 4 is 11.7 Å². The highest BCUT2D eigenvalue weighted by Gasteiger charge is 2.08. The second-order valence-corrected chi connectivity index (χ2v) is 3.08. The summed E-state index contributed by atoms with van der Waals surface area (Å²) in [4.78, 5) is 16.8. The van der Waals surface area contributed by atoms with Crippen LogP contribution in [-0.4, -0.2) is 36.0 Å². The molecule has 1 aromatic rings. The van der Waals surface area contributed by atoms with Crippen LogP contribution >= 0.6 is 0 Å². The van der Waals surface area contributed by atoms with Crippen molar-refractivity contribution < 1.29 is 9.53 Å². The minimum atomic E-state index is -0.0826. The lowest BCUT2D eigenvalue weighted by molar-refractivity contribution is -0.131. The average molecular weight is 209 g/mol. The van der Waals surface area contributed by atoms with Crippen LogP contribution in [0, 0.1) is 0 Å². The Labute approximate surface area is 88.9 Å². The number of amides is 1. The molecule has 5 heteroatoms. The van der Waals surface area contributed by atoms with Crippen LogP contribution in [0.3, 0.4) is 0 Å². The number of anilines is 1. The van der Waals surface area contributed by atoms with Gasteiger partial charge in [0.15, 0.2) is 18.2 Å². The van der Waals surface area contributed by atoms with Crippen LogP contribution < -0.4 is 10.5 Å². The molecule has 1 heterocycles. The van der Waals surface area contributed by atoms with Crippen LogP contribution in [0.4, 0.5) is 5.82 Å². The van der Waals surface area contributed by atoms with Gasteiger partial charge in [-0.05, 0) is 19.1 Å². The minimum absolute atomic E-state index is 0.0137. The Morgan fingerprint density at radius 3 is 3.00 bits per heavy atom. The number of nitrogens with zero attached hydrogens (tertiary/aromatic N) is 2. The highest BCUT2D eigenvalue weighted by Crippen LogP contribution is 2.16. The van der Waals surface area contributed by atoms with Gasteiger partial charge in [0.1, 0.15) is 0 Å². The third-order valence-corrected chi connectivity index (χ3v) is 2.05. The van der Waals surface area contributed by atoms with Gasteiger partial charge in [-0.25, -0.2) is 4.98 Å². The number of hydrogen-bond donors (Lipinski definition) is 1. The number of carbonyl (C=O) groups excluding carboxylic acids is 1. The van der Waals surface area contributed by atoms with E-state index in [4.69, 9.17) is 10.5 Å². The highest BCUT2D eigenvalue weighted by molar-refractivity contribution is 5.77. The Hall–Kier alpha value is -1.78. The maximum absolute atomic E-state index is 11.4. The Morgan fingerprint density at radius 1 is 1.67 bits per heavy atom. The van der Waals surface area contributed by atoms with Crippen molar-refractivity contribution in [3.8, 4) is 5.75 Å². The number of pyridine rings is 1. The van der Waals surface area contributed by atoms with Crippen LogP contribution in [0.1, 0.15) is 6.92 Å². The molecule has 0 aliphatic carbocycles. The third kappa shape index (κ3) is 3.12.